The van der Waals surface area contributed by atoms with Gasteiger partial charge in [-0.2, -0.15) is 0 Å². The Bertz CT molecular complexity index is 391. The molecule has 0 N–H and O–H groups in total. The van der Waals surface area contributed by atoms with E-state index in [2.05, 4.69) is 15.9 Å². The molecule has 0 aromatic heterocycles. The van der Waals surface area contributed by atoms with Crippen LogP contribution in [0.15, 0.2) is 16.6 Å². The smallest absolute Gasteiger partial charge is 0.306 e. The number of carbonyl (C=O) groups excluding carboxylic acids is 1. The number of aryl methyl sites for hydroxylation is 2. The highest BCUT2D eigenvalue weighted by Gasteiger charge is 2.09. The molecule has 0 aliphatic heterocycles. The van der Waals surface area contributed by atoms with Crippen LogP contribution >= 0.6 is 15.9 Å². The van der Waals surface area contributed by atoms with Gasteiger partial charge in [-0.25, -0.2) is 4.39 Å². The fourth-order valence-electron chi connectivity index (χ4n) is 1.45. The number of benzene rings is 1. The summed E-state index contributed by atoms with van der Waals surface area (Å²) in [5.41, 5.74) is 1.12. The third kappa shape index (κ3) is 3.59. The number of hydrogen-bond acceptors (Lipinski definition) is 2. The molecule has 16 heavy (non-hydrogen) atoms. The number of hydrogen-bond donors (Lipinski definition) is 0. The zero-order valence-electron chi connectivity index (χ0n) is 9.35. The van der Waals surface area contributed by atoms with Crippen molar-refractivity contribution in [2.24, 2.45) is 0 Å². The topological polar surface area (TPSA) is 26.3 Å². The van der Waals surface area contributed by atoms with Crippen LogP contribution in [-0.2, 0) is 16.0 Å². The summed E-state index contributed by atoms with van der Waals surface area (Å²) in [5.74, 6) is -0.535. The first-order valence-electron chi connectivity index (χ1n) is 5.14. The second kappa shape index (κ2) is 5.99. The number of rotatable bonds is 4. The molecule has 0 radical (unpaired) electrons. The molecule has 0 saturated heterocycles. The zero-order valence-corrected chi connectivity index (χ0v) is 10.9. The van der Waals surface area contributed by atoms with Crippen molar-refractivity contribution in [2.75, 3.05) is 6.61 Å². The molecule has 0 saturated carbocycles. The molecule has 0 bridgehead atoms. The van der Waals surface area contributed by atoms with Crippen molar-refractivity contribution >= 4 is 21.9 Å². The number of esters is 1. The number of halogens is 2. The highest BCUT2D eigenvalue weighted by molar-refractivity contribution is 9.10. The molecule has 0 amide bonds. The fraction of sp³-hybridized carbons (Fsp3) is 0.417. The molecule has 0 aliphatic rings. The molecule has 1 aromatic carbocycles. The lowest BCUT2D eigenvalue weighted by molar-refractivity contribution is -0.143. The van der Waals surface area contributed by atoms with Gasteiger partial charge in [0.2, 0.25) is 0 Å². The summed E-state index contributed by atoms with van der Waals surface area (Å²) >= 11 is 3.30. The Morgan fingerprint density at radius 3 is 2.81 bits per heavy atom. The Morgan fingerprint density at radius 1 is 1.50 bits per heavy atom. The van der Waals surface area contributed by atoms with E-state index in [1.165, 1.54) is 0 Å². The lowest BCUT2D eigenvalue weighted by atomic mass is 10.1. The second-order valence-corrected chi connectivity index (χ2v) is 4.42. The molecular weight excluding hydrogens is 275 g/mol. The molecule has 0 fully saturated rings. The minimum absolute atomic E-state index is 0.209. The van der Waals surface area contributed by atoms with E-state index >= 15 is 0 Å². The van der Waals surface area contributed by atoms with Crippen LogP contribution in [-0.4, -0.2) is 12.6 Å². The van der Waals surface area contributed by atoms with Crippen LogP contribution < -0.4 is 0 Å². The third-order valence-electron chi connectivity index (χ3n) is 2.20. The van der Waals surface area contributed by atoms with E-state index < -0.39 is 0 Å². The average molecular weight is 289 g/mol. The molecule has 0 aliphatic carbocycles. The summed E-state index contributed by atoms with van der Waals surface area (Å²) in [7, 11) is 0. The van der Waals surface area contributed by atoms with Gasteiger partial charge in [0.05, 0.1) is 6.61 Å². The van der Waals surface area contributed by atoms with Gasteiger partial charge in [0, 0.05) is 10.9 Å². The normalized spacial score (nSPS) is 10.2. The van der Waals surface area contributed by atoms with Gasteiger partial charge in [0.25, 0.3) is 0 Å². The second-order valence-electron chi connectivity index (χ2n) is 3.50. The molecule has 0 heterocycles. The summed E-state index contributed by atoms with van der Waals surface area (Å²) in [6.07, 6.45) is 0.575. The van der Waals surface area contributed by atoms with Crippen LogP contribution in [0.3, 0.4) is 0 Å². The summed E-state index contributed by atoms with van der Waals surface area (Å²) in [4.78, 5) is 11.1. The summed E-state index contributed by atoms with van der Waals surface area (Å²) in [6, 6.07) is 3.41. The van der Waals surface area contributed by atoms with Crippen molar-refractivity contribution in [3.8, 4) is 0 Å². The van der Waals surface area contributed by atoms with Crippen LogP contribution in [0.5, 0.6) is 0 Å². The van der Waals surface area contributed by atoms with E-state index in [-0.39, 0.29) is 18.2 Å². The van der Waals surface area contributed by atoms with Gasteiger partial charge in [-0.3, -0.25) is 4.79 Å². The zero-order chi connectivity index (χ0) is 12.1. The molecule has 0 unspecified atom stereocenters. The van der Waals surface area contributed by atoms with Gasteiger partial charge in [-0.15, -0.1) is 0 Å². The van der Waals surface area contributed by atoms with Gasteiger partial charge in [0.15, 0.2) is 0 Å². The van der Waals surface area contributed by atoms with Crippen LogP contribution in [0.1, 0.15) is 24.5 Å². The highest BCUT2D eigenvalue weighted by atomic mass is 79.9. The quantitative estimate of drug-likeness (QED) is 0.794. The van der Waals surface area contributed by atoms with E-state index in [4.69, 9.17) is 4.74 Å². The van der Waals surface area contributed by atoms with Crippen molar-refractivity contribution in [3.63, 3.8) is 0 Å². The molecule has 0 atom stereocenters. The van der Waals surface area contributed by atoms with Gasteiger partial charge >= 0.3 is 5.97 Å². The molecule has 2 nitrogen and oxygen atoms in total. The predicted molar refractivity (Wildman–Crippen MR) is 63.8 cm³/mol. The Labute approximate surface area is 103 Å². The maximum absolute atomic E-state index is 13.6. The van der Waals surface area contributed by atoms with Crippen LogP contribution in [0.4, 0.5) is 4.39 Å². The minimum atomic E-state index is -0.292. The predicted octanol–water partition coefficient (Wildman–Crippen LogP) is 3.39. The van der Waals surface area contributed by atoms with Gasteiger partial charge in [0.1, 0.15) is 5.82 Å². The number of ether oxygens (including phenoxy) is 1. The van der Waals surface area contributed by atoms with E-state index in [9.17, 15) is 9.18 Å². The molecule has 1 rings (SSSR count). The largest absolute Gasteiger partial charge is 0.466 e. The highest BCUT2D eigenvalue weighted by Crippen LogP contribution is 2.20. The fourth-order valence-corrected chi connectivity index (χ4v) is 2.07. The van der Waals surface area contributed by atoms with E-state index in [0.29, 0.717) is 24.2 Å². The third-order valence-corrected chi connectivity index (χ3v) is 2.66. The monoisotopic (exact) mass is 288 g/mol. The molecular formula is C12H14BrFO2. The standard InChI is InChI=1S/C12H14BrFO2/c1-3-16-11(15)5-4-9-7-10(13)6-8(2)12(9)14/h6-7H,3-5H2,1-2H3. The van der Waals surface area contributed by atoms with Crippen molar-refractivity contribution in [1.29, 1.82) is 0 Å². The van der Waals surface area contributed by atoms with Crippen molar-refractivity contribution in [3.05, 3.63) is 33.5 Å². The Balaban J connectivity index is 2.70. The van der Waals surface area contributed by atoms with Crippen molar-refractivity contribution in [2.45, 2.75) is 26.7 Å². The summed E-state index contributed by atoms with van der Waals surface area (Å²) in [6.45, 7) is 3.81. The lowest BCUT2D eigenvalue weighted by Crippen LogP contribution is -2.06. The Morgan fingerprint density at radius 2 is 2.19 bits per heavy atom. The molecule has 1 aromatic rings. The van der Waals surface area contributed by atoms with Gasteiger partial charge in [-0.1, -0.05) is 15.9 Å². The van der Waals surface area contributed by atoms with E-state index in [0.717, 1.165) is 4.47 Å². The summed E-state index contributed by atoms with van der Waals surface area (Å²) < 4.78 is 19.3. The molecule has 0 spiro atoms. The van der Waals surface area contributed by atoms with Crippen LogP contribution in [0, 0.1) is 12.7 Å². The maximum Gasteiger partial charge on any atom is 0.306 e. The Kier molecular flexibility index (Phi) is 4.93. The van der Waals surface area contributed by atoms with Crippen molar-refractivity contribution < 1.29 is 13.9 Å². The molecule has 88 valence electrons. The SMILES string of the molecule is CCOC(=O)CCc1cc(Br)cc(C)c1F. The minimum Gasteiger partial charge on any atom is -0.466 e. The van der Waals surface area contributed by atoms with Crippen LogP contribution in [0.25, 0.3) is 0 Å². The van der Waals surface area contributed by atoms with E-state index in [1.54, 1.807) is 26.0 Å². The van der Waals surface area contributed by atoms with Gasteiger partial charge < -0.3 is 4.74 Å². The first-order valence-corrected chi connectivity index (χ1v) is 5.94. The van der Waals surface area contributed by atoms with Crippen LogP contribution in [0.2, 0.25) is 0 Å². The summed E-state index contributed by atoms with van der Waals surface area (Å²) in [5, 5.41) is 0. The first kappa shape index (κ1) is 13.2. The molecule has 4 heteroatoms. The number of carbonyl (C=O) groups is 1. The lowest BCUT2D eigenvalue weighted by Gasteiger charge is -2.06. The maximum atomic E-state index is 13.6. The Hall–Kier alpha value is -0.900. The van der Waals surface area contributed by atoms with E-state index in [1.807, 2.05) is 0 Å². The van der Waals surface area contributed by atoms with Gasteiger partial charge in [-0.05, 0) is 43.5 Å². The van der Waals surface area contributed by atoms with Crippen molar-refractivity contribution in [1.82, 2.24) is 0 Å². The first-order chi connectivity index (χ1) is 7.54. The average Bonchev–Trinajstić information content (AvgIpc) is 2.21.